The molecular weight excluding hydrogens is 242 g/mol. The third-order valence-electron chi connectivity index (χ3n) is 2.56. The highest BCUT2D eigenvalue weighted by Crippen LogP contribution is 2.03. The number of aliphatic imine (C=N–C) groups is 1. The Kier molecular flexibility index (Phi) is 9.74. The summed E-state index contributed by atoms with van der Waals surface area (Å²) < 4.78 is 4.95. The number of ether oxygens (including phenoxy) is 1. The van der Waals surface area contributed by atoms with Gasteiger partial charge in [0.15, 0.2) is 0 Å². The van der Waals surface area contributed by atoms with Crippen LogP contribution in [0.15, 0.2) is 16.4 Å². The van der Waals surface area contributed by atoms with Crippen LogP contribution in [-0.2, 0) is 4.74 Å². The number of nitrogens with zero attached hydrogens (tertiary/aromatic N) is 3. The van der Waals surface area contributed by atoms with Gasteiger partial charge in [0.2, 0.25) is 0 Å². The maximum absolute atomic E-state index is 7.21. The maximum atomic E-state index is 7.21. The predicted molar refractivity (Wildman–Crippen MR) is 81.0 cm³/mol. The van der Waals surface area contributed by atoms with Gasteiger partial charge in [0.1, 0.15) is 5.82 Å². The van der Waals surface area contributed by atoms with Crippen LogP contribution in [0.4, 0.5) is 0 Å². The van der Waals surface area contributed by atoms with Crippen molar-refractivity contribution in [1.82, 2.24) is 15.1 Å². The van der Waals surface area contributed by atoms with Gasteiger partial charge >= 0.3 is 0 Å². The van der Waals surface area contributed by atoms with E-state index in [9.17, 15) is 0 Å². The quantitative estimate of drug-likeness (QED) is 0.347. The lowest BCUT2D eigenvalue weighted by Crippen LogP contribution is -2.34. The molecule has 0 saturated heterocycles. The summed E-state index contributed by atoms with van der Waals surface area (Å²) in [5, 5.41) is 10.2. The first-order chi connectivity index (χ1) is 9.02. The van der Waals surface area contributed by atoms with Gasteiger partial charge < -0.3 is 19.9 Å². The molecule has 0 aliphatic carbocycles. The number of hydrogen-bond acceptors (Lipinski definition) is 5. The minimum atomic E-state index is 0.619. The van der Waals surface area contributed by atoms with Gasteiger partial charge in [0.05, 0.1) is 19.5 Å². The van der Waals surface area contributed by atoms with Crippen molar-refractivity contribution in [1.29, 1.82) is 5.41 Å². The van der Waals surface area contributed by atoms with E-state index in [1.54, 1.807) is 7.11 Å². The minimum absolute atomic E-state index is 0.619. The number of allylic oxidation sites excluding steroid dienone is 1. The molecular formula is C13H27N5O. The molecule has 2 N–H and O–H groups in total. The molecule has 110 valence electrons. The molecule has 0 amide bonds. The van der Waals surface area contributed by atoms with E-state index in [0.29, 0.717) is 13.2 Å². The summed E-state index contributed by atoms with van der Waals surface area (Å²) in [7, 11) is 7.75. The van der Waals surface area contributed by atoms with Crippen LogP contribution in [-0.4, -0.2) is 76.8 Å². The van der Waals surface area contributed by atoms with Gasteiger partial charge in [0.25, 0.3) is 0 Å². The molecule has 0 aromatic heterocycles. The standard InChI is InChI=1S/C13H27N5O/c1-12(10-15-6-9-19-5)13(16-11-14)18(4)8-7-17(2)3/h10-11H,6-9H2,1-5H3,(H2,14,16). The van der Waals surface area contributed by atoms with Crippen LogP contribution in [0.3, 0.4) is 0 Å². The van der Waals surface area contributed by atoms with Crippen molar-refractivity contribution < 1.29 is 4.74 Å². The largest absolute Gasteiger partial charge is 0.383 e. The van der Waals surface area contributed by atoms with E-state index < -0.39 is 0 Å². The first-order valence-electron chi connectivity index (χ1n) is 6.34. The fourth-order valence-corrected chi connectivity index (χ4v) is 1.46. The summed E-state index contributed by atoms with van der Waals surface area (Å²) in [4.78, 5) is 8.49. The Hall–Kier alpha value is -1.40. The second kappa shape index (κ2) is 10.5. The molecule has 0 aliphatic heterocycles. The predicted octanol–water partition coefficient (Wildman–Crippen LogP) is 0.625. The molecule has 0 aliphatic rings. The van der Waals surface area contributed by atoms with Crippen molar-refractivity contribution in [2.24, 2.45) is 4.99 Å². The van der Waals surface area contributed by atoms with Gasteiger partial charge in [-0.3, -0.25) is 10.4 Å². The first kappa shape index (κ1) is 17.6. The molecule has 0 heterocycles. The number of nitrogens with one attached hydrogen (secondary N) is 2. The Balaban J connectivity index is 4.64. The highest BCUT2D eigenvalue weighted by molar-refractivity contribution is 5.79. The normalized spacial score (nSPS) is 12.7. The molecule has 6 heteroatoms. The van der Waals surface area contributed by atoms with Gasteiger partial charge in [-0.2, -0.15) is 0 Å². The fraction of sp³-hybridized carbons (Fsp3) is 0.692. The lowest BCUT2D eigenvalue weighted by molar-refractivity contribution is 0.208. The maximum Gasteiger partial charge on any atom is 0.111 e. The third kappa shape index (κ3) is 8.34. The van der Waals surface area contributed by atoms with Crippen molar-refractivity contribution in [3.05, 3.63) is 11.4 Å². The third-order valence-corrected chi connectivity index (χ3v) is 2.56. The second-order valence-electron chi connectivity index (χ2n) is 4.57. The molecule has 6 nitrogen and oxygen atoms in total. The topological polar surface area (TPSA) is 64.0 Å². The van der Waals surface area contributed by atoms with Crippen LogP contribution in [0.25, 0.3) is 0 Å². The van der Waals surface area contributed by atoms with Gasteiger partial charge in [-0.15, -0.1) is 0 Å². The van der Waals surface area contributed by atoms with Gasteiger partial charge in [-0.25, -0.2) is 0 Å². The smallest absolute Gasteiger partial charge is 0.111 e. The van der Waals surface area contributed by atoms with Crippen LogP contribution >= 0.6 is 0 Å². The zero-order chi connectivity index (χ0) is 14.7. The summed E-state index contributed by atoms with van der Waals surface area (Å²) in [6.07, 6.45) is 3.00. The van der Waals surface area contributed by atoms with E-state index in [4.69, 9.17) is 10.1 Å². The molecule has 0 rings (SSSR count). The van der Waals surface area contributed by atoms with Crippen molar-refractivity contribution in [2.45, 2.75) is 6.92 Å². The number of hydrogen-bond donors (Lipinski definition) is 2. The minimum Gasteiger partial charge on any atom is -0.383 e. The van der Waals surface area contributed by atoms with Crippen LogP contribution in [0.1, 0.15) is 6.92 Å². The van der Waals surface area contributed by atoms with Crippen molar-refractivity contribution >= 4 is 12.6 Å². The second-order valence-corrected chi connectivity index (χ2v) is 4.57. The Morgan fingerprint density at radius 2 is 2.00 bits per heavy atom. The molecule has 0 spiro atoms. The van der Waals surface area contributed by atoms with Crippen LogP contribution in [0.5, 0.6) is 0 Å². The van der Waals surface area contributed by atoms with E-state index in [1.165, 1.54) is 6.34 Å². The Morgan fingerprint density at radius 1 is 1.32 bits per heavy atom. The highest BCUT2D eigenvalue weighted by atomic mass is 16.5. The van der Waals surface area contributed by atoms with Crippen LogP contribution in [0.2, 0.25) is 0 Å². The molecule has 0 unspecified atom stereocenters. The van der Waals surface area contributed by atoms with Gasteiger partial charge in [0, 0.05) is 39.0 Å². The average Bonchev–Trinajstić information content (AvgIpc) is 2.38. The molecule has 0 radical (unpaired) electrons. The van der Waals surface area contributed by atoms with E-state index >= 15 is 0 Å². The summed E-state index contributed by atoms with van der Waals surface area (Å²) in [5.41, 5.74) is 1.00. The van der Waals surface area contributed by atoms with E-state index in [1.807, 2.05) is 34.3 Å². The summed E-state index contributed by atoms with van der Waals surface area (Å²) >= 11 is 0. The SMILES string of the molecule is COCCN=CC(C)=C(NC=N)N(C)CCN(C)C. The average molecular weight is 269 g/mol. The van der Waals surface area contributed by atoms with Crippen LogP contribution in [0, 0.1) is 5.41 Å². The molecule has 0 aromatic rings. The molecule has 0 fully saturated rings. The fourth-order valence-electron chi connectivity index (χ4n) is 1.46. The zero-order valence-electron chi connectivity index (χ0n) is 12.7. The van der Waals surface area contributed by atoms with Crippen molar-refractivity contribution in [3.63, 3.8) is 0 Å². The van der Waals surface area contributed by atoms with Crippen LogP contribution < -0.4 is 5.32 Å². The molecule has 19 heavy (non-hydrogen) atoms. The van der Waals surface area contributed by atoms with Crippen molar-refractivity contribution in [2.75, 3.05) is 54.5 Å². The van der Waals surface area contributed by atoms with E-state index in [0.717, 1.165) is 24.5 Å². The molecule has 0 atom stereocenters. The summed E-state index contributed by atoms with van der Waals surface area (Å²) in [5.74, 6) is 0.901. The number of rotatable bonds is 10. The summed E-state index contributed by atoms with van der Waals surface area (Å²) in [6.45, 7) is 5.08. The van der Waals surface area contributed by atoms with E-state index in [-0.39, 0.29) is 0 Å². The van der Waals surface area contributed by atoms with Crippen molar-refractivity contribution in [3.8, 4) is 0 Å². The lowest BCUT2D eigenvalue weighted by Gasteiger charge is -2.25. The monoisotopic (exact) mass is 269 g/mol. The lowest BCUT2D eigenvalue weighted by atomic mass is 10.3. The van der Waals surface area contributed by atoms with Gasteiger partial charge in [-0.1, -0.05) is 0 Å². The Bertz CT molecular complexity index is 312. The Labute approximate surface area is 116 Å². The first-order valence-corrected chi connectivity index (χ1v) is 6.34. The number of methoxy groups -OCH3 is 1. The Morgan fingerprint density at radius 3 is 2.53 bits per heavy atom. The molecule has 0 aromatic carbocycles. The summed E-state index contributed by atoms with van der Waals surface area (Å²) in [6, 6.07) is 0. The number of likely N-dealkylation sites (N-methyl/N-ethyl adjacent to an activating group) is 2. The highest BCUT2D eigenvalue weighted by Gasteiger charge is 2.06. The van der Waals surface area contributed by atoms with Gasteiger partial charge in [-0.05, 0) is 21.0 Å². The molecule has 0 saturated carbocycles. The molecule has 0 bridgehead atoms. The zero-order valence-corrected chi connectivity index (χ0v) is 12.7. The van der Waals surface area contributed by atoms with E-state index in [2.05, 4.69) is 20.1 Å².